The summed E-state index contributed by atoms with van der Waals surface area (Å²) in [6.45, 7) is 3.78. The SMILES string of the molecule is CCCC[C@@H]1C=C(c2cccc(C(NC(=O)c3cccc(F)c3Cl)C3(O)CCC(F)(F)CC3)c2)CNC1. The highest BCUT2D eigenvalue weighted by Gasteiger charge is 2.47. The lowest BCUT2D eigenvalue weighted by molar-refractivity contribution is -0.116. The standard InChI is InChI=1S/C29H34ClF3N2O2/c1-2-3-6-19-15-22(18-34-17-19)20-7-4-8-21(16-20)26(28(37)11-13-29(32,33)14-12-28)35-27(36)23-9-5-10-24(31)25(23)30/h4-5,7-10,15-16,19,26,34,37H,2-3,6,11-14,17-18H2,1H3,(H,35,36)/t19-,26?/m1/s1. The van der Waals surface area contributed by atoms with Crippen molar-refractivity contribution in [2.75, 3.05) is 13.1 Å². The third-order valence-electron chi connectivity index (χ3n) is 7.53. The normalized spacial score (nSPS) is 21.7. The van der Waals surface area contributed by atoms with Crippen LogP contribution >= 0.6 is 11.6 Å². The molecular weight excluding hydrogens is 501 g/mol. The third kappa shape index (κ3) is 6.57. The largest absolute Gasteiger partial charge is 0.387 e. The number of carbonyl (C=O) groups is 1. The minimum atomic E-state index is -2.86. The average Bonchev–Trinajstić information content (AvgIpc) is 2.89. The Balaban J connectivity index is 1.67. The second-order valence-electron chi connectivity index (χ2n) is 10.3. The van der Waals surface area contributed by atoms with Gasteiger partial charge in [0.15, 0.2) is 0 Å². The van der Waals surface area contributed by atoms with E-state index < -0.39 is 42.1 Å². The molecule has 4 rings (SSSR count). The highest BCUT2D eigenvalue weighted by atomic mass is 35.5. The molecule has 0 spiro atoms. The molecule has 1 fully saturated rings. The molecule has 2 aromatic rings. The molecule has 0 radical (unpaired) electrons. The Kier molecular flexibility index (Phi) is 8.66. The minimum Gasteiger partial charge on any atom is -0.387 e. The lowest BCUT2D eigenvalue weighted by atomic mass is 9.75. The number of unbranched alkanes of at least 4 members (excludes halogenated alkanes) is 1. The Hall–Kier alpha value is -2.35. The zero-order chi connectivity index (χ0) is 26.6. The fourth-order valence-corrected chi connectivity index (χ4v) is 5.53. The number of halogens is 4. The first-order valence-corrected chi connectivity index (χ1v) is 13.4. The maximum atomic E-state index is 14.0. The van der Waals surface area contributed by atoms with Gasteiger partial charge in [-0.15, -0.1) is 0 Å². The van der Waals surface area contributed by atoms with Crippen LogP contribution in [0.4, 0.5) is 13.2 Å². The molecule has 8 heteroatoms. The second kappa shape index (κ2) is 11.6. The third-order valence-corrected chi connectivity index (χ3v) is 7.92. The van der Waals surface area contributed by atoms with Crippen molar-refractivity contribution >= 4 is 23.1 Å². The van der Waals surface area contributed by atoms with E-state index in [1.807, 2.05) is 18.2 Å². The molecule has 3 N–H and O–H groups in total. The predicted molar refractivity (Wildman–Crippen MR) is 140 cm³/mol. The fourth-order valence-electron chi connectivity index (χ4n) is 5.32. The Bertz CT molecular complexity index is 1140. The van der Waals surface area contributed by atoms with Gasteiger partial charge in [-0.05, 0) is 60.1 Å². The van der Waals surface area contributed by atoms with Gasteiger partial charge in [0.25, 0.3) is 5.91 Å². The first-order valence-electron chi connectivity index (χ1n) is 13.0. The highest BCUT2D eigenvalue weighted by Crippen LogP contribution is 2.45. The average molecular weight is 535 g/mol. The van der Waals surface area contributed by atoms with Crippen molar-refractivity contribution in [1.82, 2.24) is 10.6 Å². The lowest BCUT2D eigenvalue weighted by Crippen LogP contribution is -2.50. The Labute approximate surface area is 221 Å². The zero-order valence-corrected chi connectivity index (χ0v) is 21.8. The van der Waals surface area contributed by atoms with Crippen molar-refractivity contribution in [3.8, 4) is 0 Å². The summed E-state index contributed by atoms with van der Waals surface area (Å²) < 4.78 is 42.0. The number of alkyl halides is 2. The van der Waals surface area contributed by atoms with Gasteiger partial charge in [-0.1, -0.05) is 61.7 Å². The summed E-state index contributed by atoms with van der Waals surface area (Å²) in [5, 5.41) is 17.5. The molecule has 2 atom stereocenters. The van der Waals surface area contributed by atoms with Crippen molar-refractivity contribution in [2.24, 2.45) is 5.92 Å². The Morgan fingerprint density at radius 3 is 2.65 bits per heavy atom. The van der Waals surface area contributed by atoms with Gasteiger partial charge in [0.1, 0.15) is 5.82 Å². The quantitative estimate of drug-likeness (QED) is 0.354. The number of amides is 1. The number of carbonyl (C=O) groups excluding carboxylic acids is 1. The topological polar surface area (TPSA) is 61.4 Å². The first-order chi connectivity index (χ1) is 17.6. The fraction of sp³-hybridized carbons (Fsp3) is 0.483. The first kappa shape index (κ1) is 27.7. The van der Waals surface area contributed by atoms with Crippen LogP contribution < -0.4 is 10.6 Å². The molecule has 0 aromatic heterocycles. The summed E-state index contributed by atoms with van der Waals surface area (Å²) in [6.07, 6.45) is 4.31. The van der Waals surface area contributed by atoms with Gasteiger partial charge in [0, 0.05) is 25.9 Å². The number of hydrogen-bond donors (Lipinski definition) is 3. The summed E-state index contributed by atoms with van der Waals surface area (Å²) in [7, 11) is 0. The number of benzene rings is 2. The van der Waals surface area contributed by atoms with Crippen molar-refractivity contribution in [2.45, 2.75) is 69.4 Å². The van der Waals surface area contributed by atoms with E-state index >= 15 is 0 Å². The van der Waals surface area contributed by atoms with E-state index in [1.54, 1.807) is 6.07 Å². The number of nitrogens with one attached hydrogen (secondary N) is 2. The van der Waals surface area contributed by atoms with E-state index in [1.165, 1.54) is 12.1 Å². The molecule has 0 bridgehead atoms. The maximum Gasteiger partial charge on any atom is 0.253 e. The second-order valence-corrected chi connectivity index (χ2v) is 10.7. The lowest BCUT2D eigenvalue weighted by Gasteiger charge is -2.42. The summed E-state index contributed by atoms with van der Waals surface area (Å²) >= 11 is 6.04. The molecule has 2 aliphatic rings. The van der Waals surface area contributed by atoms with E-state index in [4.69, 9.17) is 11.6 Å². The summed E-state index contributed by atoms with van der Waals surface area (Å²) in [5.41, 5.74) is 0.986. The number of aliphatic hydroxyl groups is 1. The van der Waals surface area contributed by atoms with Crippen LogP contribution in [0.1, 0.15) is 79.4 Å². The molecule has 1 amide bonds. The van der Waals surface area contributed by atoms with Gasteiger partial charge < -0.3 is 15.7 Å². The molecule has 1 aliphatic carbocycles. The van der Waals surface area contributed by atoms with Gasteiger partial charge in [-0.3, -0.25) is 4.79 Å². The van der Waals surface area contributed by atoms with Crippen LogP contribution in [0.25, 0.3) is 5.57 Å². The van der Waals surface area contributed by atoms with E-state index in [0.717, 1.165) is 43.0 Å². The van der Waals surface area contributed by atoms with E-state index in [2.05, 4.69) is 23.6 Å². The Morgan fingerprint density at radius 1 is 1.19 bits per heavy atom. The molecule has 2 aromatic carbocycles. The van der Waals surface area contributed by atoms with Crippen molar-refractivity contribution in [1.29, 1.82) is 0 Å². The van der Waals surface area contributed by atoms with Crippen molar-refractivity contribution in [3.05, 3.63) is 76.1 Å². The van der Waals surface area contributed by atoms with E-state index in [9.17, 15) is 23.1 Å². The van der Waals surface area contributed by atoms with Gasteiger partial charge in [-0.25, -0.2) is 13.2 Å². The summed E-state index contributed by atoms with van der Waals surface area (Å²) in [4.78, 5) is 13.2. The molecular formula is C29H34ClF3N2O2. The zero-order valence-electron chi connectivity index (χ0n) is 21.0. The molecule has 1 unspecified atom stereocenters. The van der Waals surface area contributed by atoms with Crippen LogP contribution in [0.2, 0.25) is 5.02 Å². The van der Waals surface area contributed by atoms with Crippen LogP contribution in [0.15, 0.2) is 48.5 Å². The number of hydrogen-bond acceptors (Lipinski definition) is 3. The smallest absolute Gasteiger partial charge is 0.253 e. The summed E-state index contributed by atoms with van der Waals surface area (Å²) in [5.74, 6) is -3.86. The van der Waals surface area contributed by atoms with Gasteiger partial charge >= 0.3 is 0 Å². The molecule has 1 aliphatic heterocycles. The van der Waals surface area contributed by atoms with Crippen LogP contribution in [0, 0.1) is 11.7 Å². The van der Waals surface area contributed by atoms with Gasteiger partial charge in [0.2, 0.25) is 5.92 Å². The molecule has 0 saturated heterocycles. The van der Waals surface area contributed by atoms with E-state index in [0.29, 0.717) is 18.0 Å². The predicted octanol–water partition coefficient (Wildman–Crippen LogP) is 6.68. The minimum absolute atomic E-state index is 0.0782. The molecule has 1 saturated carbocycles. The Morgan fingerprint density at radius 2 is 1.92 bits per heavy atom. The molecule has 200 valence electrons. The monoisotopic (exact) mass is 534 g/mol. The van der Waals surface area contributed by atoms with Gasteiger partial charge in [-0.2, -0.15) is 0 Å². The van der Waals surface area contributed by atoms with Crippen LogP contribution in [0.3, 0.4) is 0 Å². The maximum absolute atomic E-state index is 14.0. The van der Waals surface area contributed by atoms with E-state index in [-0.39, 0.29) is 23.4 Å². The van der Waals surface area contributed by atoms with Crippen molar-refractivity contribution < 1.29 is 23.1 Å². The van der Waals surface area contributed by atoms with Crippen molar-refractivity contribution in [3.63, 3.8) is 0 Å². The van der Waals surface area contributed by atoms with Gasteiger partial charge in [0.05, 0.1) is 22.2 Å². The van der Waals surface area contributed by atoms with Crippen LogP contribution in [-0.4, -0.2) is 35.6 Å². The molecule has 1 heterocycles. The highest BCUT2D eigenvalue weighted by molar-refractivity contribution is 6.34. The van der Waals surface area contributed by atoms with Crippen LogP contribution in [-0.2, 0) is 0 Å². The van der Waals surface area contributed by atoms with Crippen LogP contribution in [0.5, 0.6) is 0 Å². The summed E-state index contributed by atoms with van der Waals surface area (Å²) in [6, 6.07) is 10.4. The molecule has 37 heavy (non-hydrogen) atoms. The molecule has 4 nitrogen and oxygen atoms in total. The number of rotatable bonds is 8.